The summed E-state index contributed by atoms with van der Waals surface area (Å²) in [6, 6.07) is 9.49. The Labute approximate surface area is 160 Å². The van der Waals surface area contributed by atoms with Crippen molar-refractivity contribution < 1.29 is 22.7 Å². The van der Waals surface area contributed by atoms with Gasteiger partial charge in [0.05, 0.1) is 12.8 Å². The number of ether oxygens (including phenoxy) is 2. The summed E-state index contributed by atoms with van der Waals surface area (Å²) in [7, 11) is -0.711. The van der Waals surface area contributed by atoms with Crippen molar-refractivity contribution in [3.63, 3.8) is 0 Å². The largest absolute Gasteiger partial charge is 0.497 e. The molecule has 0 aliphatic carbocycles. The molecule has 1 N–H and O–H groups in total. The molecule has 3 rings (SSSR count). The predicted octanol–water partition coefficient (Wildman–Crippen LogP) is 3.00. The molecule has 1 heterocycles. The number of methoxy groups -OCH3 is 1. The van der Waals surface area contributed by atoms with Gasteiger partial charge in [-0.3, -0.25) is 9.52 Å². The molecule has 0 saturated heterocycles. The summed E-state index contributed by atoms with van der Waals surface area (Å²) in [4.78, 5) is 13.5. The Morgan fingerprint density at radius 2 is 1.88 bits per heavy atom. The van der Waals surface area contributed by atoms with Crippen molar-refractivity contribution in [2.45, 2.75) is 17.9 Å². The quantitative estimate of drug-likeness (QED) is 0.789. The van der Waals surface area contributed by atoms with E-state index in [2.05, 4.69) is 20.7 Å². The molecule has 7 nitrogen and oxygen atoms in total. The lowest BCUT2D eigenvalue weighted by molar-refractivity contribution is -0.125. The first-order valence-corrected chi connectivity index (χ1v) is 9.95. The number of carbonyl (C=O) groups excluding carboxylic acids is 1. The molecule has 1 amide bonds. The van der Waals surface area contributed by atoms with Crippen molar-refractivity contribution in [3.05, 3.63) is 40.9 Å². The van der Waals surface area contributed by atoms with Crippen LogP contribution in [0.5, 0.6) is 11.5 Å². The van der Waals surface area contributed by atoms with Crippen LogP contribution < -0.4 is 19.1 Å². The van der Waals surface area contributed by atoms with Crippen LogP contribution in [0.4, 0.5) is 11.4 Å². The second-order valence-electron chi connectivity index (χ2n) is 5.74. The van der Waals surface area contributed by atoms with Gasteiger partial charge in [0.2, 0.25) is 0 Å². The maximum atomic E-state index is 12.8. The normalized spacial score (nSPS) is 16.7. The third-order valence-electron chi connectivity index (χ3n) is 3.99. The fourth-order valence-corrected chi connectivity index (χ4v) is 4.69. The van der Waals surface area contributed by atoms with Gasteiger partial charge >= 0.3 is 0 Å². The highest BCUT2D eigenvalue weighted by Gasteiger charge is 2.31. The molecular formula is C17H17BrN2O5S. The zero-order valence-corrected chi connectivity index (χ0v) is 16.7. The molecule has 0 saturated carbocycles. The van der Waals surface area contributed by atoms with Gasteiger partial charge in [0.25, 0.3) is 15.9 Å². The zero-order chi connectivity index (χ0) is 19.1. The number of nitrogens with one attached hydrogen (secondary N) is 1. The van der Waals surface area contributed by atoms with E-state index in [1.807, 2.05) is 0 Å². The molecule has 138 valence electrons. The first kappa shape index (κ1) is 18.5. The number of nitrogens with zero attached hydrogens (tertiary/aromatic N) is 1. The van der Waals surface area contributed by atoms with Crippen LogP contribution in [0.2, 0.25) is 0 Å². The molecular weight excluding hydrogens is 424 g/mol. The number of hydrogen-bond donors (Lipinski definition) is 1. The molecule has 26 heavy (non-hydrogen) atoms. The fourth-order valence-electron chi connectivity index (χ4n) is 2.59. The first-order valence-electron chi connectivity index (χ1n) is 7.67. The summed E-state index contributed by atoms with van der Waals surface area (Å²) in [6.07, 6.45) is -0.682. The van der Waals surface area contributed by atoms with Crippen molar-refractivity contribution in [2.24, 2.45) is 0 Å². The molecule has 0 aromatic heterocycles. The molecule has 1 aliphatic rings. The molecule has 0 radical (unpaired) electrons. The van der Waals surface area contributed by atoms with E-state index in [4.69, 9.17) is 9.47 Å². The molecule has 0 bridgehead atoms. The van der Waals surface area contributed by atoms with Crippen LogP contribution in [0.1, 0.15) is 6.92 Å². The fraction of sp³-hybridized carbons (Fsp3) is 0.235. The van der Waals surface area contributed by atoms with E-state index in [-0.39, 0.29) is 10.8 Å². The van der Waals surface area contributed by atoms with E-state index in [1.165, 1.54) is 18.1 Å². The predicted molar refractivity (Wildman–Crippen MR) is 101 cm³/mol. The van der Waals surface area contributed by atoms with Crippen molar-refractivity contribution in [2.75, 3.05) is 23.8 Å². The molecule has 0 fully saturated rings. The molecule has 0 spiro atoms. The minimum Gasteiger partial charge on any atom is -0.497 e. The second kappa shape index (κ2) is 6.81. The Balaban J connectivity index is 1.97. The second-order valence-corrected chi connectivity index (χ2v) is 8.25. The summed E-state index contributed by atoms with van der Waals surface area (Å²) in [5, 5.41) is 0. The SMILES string of the molecule is COc1ccc(NS(=O)(=O)c2cc3c(cc2Br)N(C)C(=O)C(C)O3)cc1. The molecule has 2 aromatic carbocycles. The van der Waals surface area contributed by atoms with Gasteiger partial charge in [0, 0.05) is 23.3 Å². The first-order chi connectivity index (χ1) is 12.2. The van der Waals surface area contributed by atoms with Gasteiger partial charge in [-0.25, -0.2) is 8.42 Å². The van der Waals surface area contributed by atoms with Crippen LogP contribution in [0, 0.1) is 0 Å². The van der Waals surface area contributed by atoms with Crippen LogP contribution in [-0.4, -0.2) is 34.6 Å². The van der Waals surface area contributed by atoms with Gasteiger partial charge in [-0.15, -0.1) is 0 Å². The summed E-state index contributed by atoms with van der Waals surface area (Å²) in [5.41, 5.74) is 0.903. The Bertz CT molecular complexity index is 960. The topological polar surface area (TPSA) is 84.9 Å². The lowest BCUT2D eigenvalue weighted by Crippen LogP contribution is -2.42. The van der Waals surface area contributed by atoms with E-state index >= 15 is 0 Å². The maximum Gasteiger partial charge on any atom is 0.267 e. The minimum absolute atomic E-state index is 0.0158. The highest BCUT2D eigenvalue weighted by atomic mass is 79.9. The Morgan fingerprint density at radius 3 is 2.50 bits per heavy atom. The van der Waals surface area contributed by atoms with Gasteiger partial charge in [0.15, 0.2) is 6.10 Å². The lowest BCUT2D eigenvalue weighted by Gasteiger charge is -2.30. The van der Waals surface area contributed by atoms with Gasteiger partial charge in [-0.1, -0.05) is 0 Å². The number of anilines is 2. The number of sulfonamides is 1. The molecule has 1 unspecified atom stereocenters. The van der Waals surface area contributed by atoms with Crippen LogP contribution in [-0.2, 0) is 14.8 Å². The molecule has 9 heteroatoms. The molecule has 1 atom stereocenters. The number of rotatable bonds is 4. The van der Waals surface area contributed by atoms with Gasteiger partial charge in [0.1, 0.15) is 16.4 Å². The molecule has 2 aromatic rings. The van der Waals surface area contributed by atoms with E-state index in [0.29, 0.717) is 27.3 Å². The summed E-state index contributed by atoms with van der Waals surface area (Å²) in [5.74, 6) is 0.757. The Kier molecular flexibility index (Phi) is 4.85. The van der Waals surface area contributed by atoms with E-state index < -0.39 is 16.1 Å². The average molecular weight is 441 g/mol. The summed E-state index contributed by atoms with van der Waals surface area (Å²) < 4.78 is 39.0. The highest BCUT2D eigenvalue weighted by molar-refractivity contribution is 9.10. The Hall–Kier alpha value is -2.26. The van der Waals surface area contributed by atoms with E-state index in [9.17, 15) is 13.2 Å². The van der Waals surface area contributed by atoms with Crippen molar-refractivity contribution in [1.29, 1.82) is 0 Å². The number of carbonyl (C=O) groups is 1. The van der Waals surface area contributed by atoms with Gasteiger partial charge < -0.3 is 14.4 Å². The van der Waals surface area contributed by atoms with Crippen molar-refractivity contribution in [1.82, 2.24) is 0 Å². The van der Waals surface area contributed by atoms with Crippen molar-refractivity contribution in [3.8, 4) is 11.5 Å². The monoisotopic (exact) mass is 440 g/mol. The summed E-state index contributed by atoms with van der Waals surface area (Å²) >= 11 is 3.28. The number of hydrogen-bond acceptors (Lipinski definition) is 5. The number of likely N-dealkylation sites (N-methyl/N-ethyl adjacent to an activating group) is 1. The Morgan fingerprint density at radius 1 is 1.23 bits per heavy atom. The third-order valence-corrected chi connectivity index (χ3v) is 6.33. The van der Waals surface area contributed by atoms with Crippen LogP contribution in [0.15, 0.2) is 45.8 Å². The van der Waals surface area contributed by atoms with Crippen LogP contribution >= 0.6 is 15.9 Å². The van der Waals surface area contributed by atoms with Crippen LogP contribution in [0.3, 0.4) is 0 Å². The van der Waals surface area contributed by atoms with Gasteiger partial charge in [-0.05, 0) is 53.2 Å². The number of amides is 1. The number of benzene rings is 2. The average Bonchev–Trinajstić information content (AvgIpc) is 2.60. The van der Waals surface area contributed by atoms with Crippen molar-refractivity contribution >= 4 is 43.2 Å². The number of fused-ring (bicyclic) bond motifs is 1. The highest BCUT2D eigenvalue weighted by Crippen LogP contribution is 2.39. The third kappa shape index (κ3) is 3.36. The van der Waals surface area contributed by atoms with E-state index in [0.717, 1.165) is 0 Å². The smallest absolute Gasteiger partial charge is 0.267 e. The standard InChI is InChI=1S/C17H17BrN2O5S/c1-10-17(21)20(2)14-8-13(18)16(9-15(14)25-10)26(22,23)19-11-4-6-12(24-3)7-5-11/h4-10,19H,1-3H3. The maximum absolute atomic E-state index is 12.8. The summed E-state index contributed by atoms with van der Waals surface area (Å²) in [6.45, 7) is 1.62. The van der Waals surface area contributed by atoms with E-state index in [1.54, 1.807) is 44.3 Å². The minimum atomic E-state index is -3.87. The van der Waals surface area contributed by atoms with Crippen LogP contribution in [0.25, 0.3) is 0 Å². The van der Waals surface area contributed by atoms with Gasteiger partial charge in [-0.2, -0.15) is 0 Å². The molecule has 1 aliphatic heterocycles. The lowest BCUT2D eigenvalue weighted by atomic mass is 10.2. The zero-order valence-electron chi connectivity index (χ0n) is 14.3. The number of halogens is 1.